The molecule has 1 N–H and O–H groups in total. The number of amides is 2. The number of piperidine rings is 1. The van der Waals surface area contributed by atoms with E-state index in [0.717, 1.165) is 5.56 Å². The first-order valence-electron chi connectivity index (χ1n) is 8.89. The number of carbonyl (C=O) groups is 2. The van der Waals surface area contributed by atoms with Gasteiger partial charge in [0.25, 0.3) is 0 Å². The van der Waals surface area contributed by atoms with Gasteiger partial charge in [-0.1, -0.05) is 24.3 Å². The molecule has 2 amide bonds. The van der Waals surface area contributed by atoms with Crippen molar-refractivity contribution in [3.8, 4) is 6.07 Å². The van der Waals surface area contributed by atoms with Gasteiger partial charge < -0.3 is 10.2 Å². The van der Waals surface area contributed by atoms with E-state index >= 15 is 0 Å². The predicted molar refractivity (Wildman–Crippen MR) is 99.2 cm³/mol. The van der Waals surface area contributed by atoms with Crippen molar-refractivity contribution in [3.63, 3.8) is 0 Å². The number of carbonyl (C=O) groups excluding carboxylic acids is 2. The highest BCUT2D eigenvalue weighted by atomic mass is 19.1. The highest BCUT2D eigenvalue weighted by Crippen LogP contribution is 2.21. The van der Waals surface area contributed by atoms with E-state index in [-0.39, 0.29) is 30.0 Å². The molecule has 5 nitrogen and oxygen atoms in total. The molecule has 1 fully saturated rings. The van der Waals surface area contributed by atoms with E-state index in [2.05, 4.69) is 11.4 Å². The number of hydrogen-bond acceptors (Lipinski definition) is 3. The second kappa shape index (κ2) is 8.45. The van der Waals surface area contributed by atoms with Gasteiger partial charge in [-0.15, -0.1) is 0 Å². The van der Waals surface area contributed by atoms with Crippen LogP contribution >= 0.6 is 0 Å². The molecule has 1 aliphatic heterocycles. The fourth-order valence-corrected chi connectivity index (χ4v) is 3.20. The molecule has 0 aliphatic carbocycles. The monoisotopic (exact) mass is 365 g/mol. The van der Waals surface area contributed by atoms with Crippen molar-refractivity contribution in [2.45, 2.75) is 19.3 Å². The van der Waals surface area contributed by atoms with Crippen molar-refractivity contribution < 1.29 is 14.0 Å². The molecule has 0 atom stereocenters. The summed E-state index contributed by atoms with van der Waals surface area (Å²) in [6.07, 6.45) is 1.39. The number of likely N-dealkylation sites (tertiary alicyclic amines) is 1. The zero-order valence-electron chi connectivity index (χ0n) is 14.8. The fourth-order valence-electron chi connectivity index (χ4n) is 3.20. The summed E-state index contributed by atoms with van der Waals surface area (Å²) in [4.78, 5) is 26.6. The van der Waals surface area contributed by atoms with Crippen molar-refractivity contribution in [1.82, 2.24) is 4.90 Å². The minimum Gasteiger partial charge on any atom is -0.342 e. The van der Waals surface area contributed by atoms with Gasteiger partial charge in [0, 0.05) is 19.0 Å². The zero-order valence-corrected chi connectivity index (χ0v) is 14.8. The van der Waals surface area contributed by atoms with E-state index in [1.165, 1.54) is 12.1 Å². The Morgan fingerprint density at radius 3 is 2.44 bits per heavy atom. The van der Waals surface area contributed by atoms with Gasteiger partial charge in [0.2, 0.25) is 11.8 Å². The Kier molecular flexibility index (Phi) is 5.82. The van der Waals surface area contributed by atoms with Gasteiger partial charge in [0.1, 0.15) is 11.9 Å². The van der Waals surface area contributed by atoms with Crippen molar-refractivity contribution in [2.24, 2.45) is 5.92 Å². The zero-order chi connectivity index (χ0) is 19.2. The Balaban J connectivity index is 1.52. The van der Waals surface area contributed by atoms with Crippen molar-refractivity contribution in [2.75, 3.05) is 18.4 Å². The first kappa shape index (κ1) is 18.6. The van der Waals surface area contributed by atoms with Gasteiger partial charge in [-0.25, -0.2) is 4.39 Å². The first-order chi connectivity index (χ1) is 13.1. The molecule has 1 heterocycles. The molecule has 0 saturated carbocycles. The summed E-state index contributed by atoms with van der Waals surface area (Å²) in [5, 5.41) is 11.9. The lowest BCUT2D eigenvalue weighted by Gasteiger charge is -2.31. The molecule has 138 valence electrons. The fraction of sp³-hybridized carbons (Fsp3) is 0.286. The van der Waals surface area contributed by atoms with Crippen LogP contribution < -0.4 is 5.32 Å². The third kappa shape index (κ3) is 4.70. The molecule has 1 saturated heterocycles. The van der Waals surface area contributed by atoms with E-state index < -0.39 is 0 Å². The van der Waals surface area contributed by atoms with Crippen molar-refractivity contribution in [1.29, 1.82) is 5.26 Å². The SMILES string of the molecule is N#Cc1ccccc1NC(=O)C1CCN(C(=O)Cc2ccc(F)cc2)CC1. The number of halogens is 1. The molecule has 0 radical (unpaired) electrons. The predicted octanol–water partition coefficient (Wildman–Crippen LogP) is 3.12. The summed E-state index contributed by atoms with van der Waals surface area (Å²) in [5.41, 5.74) is 1.71. The van der Waals surface area contributed by atoms with Crippen LogP contribution in [0.4, 0.5) is 10.1 Å². The standard InChI is InChI=1S/C21H20FN3O2/c22-18-7-5-15(6-8-18)13-20(26)25-11-9-16(10-12-25)21(27)24-19-4-2-1-3-17(19)14-23/h1-8,16H,9-13H2,(H,24,27). The van der Waals surface area contributed by atoms with Crippen LogP contribution in [0.1, 0.15) is 24.0 Å². The minimum atomic E-state index is -0.323. The lowest BCUT2D eigenvalue weighted by molar-refractivity contribution is -0.133. The highest BCUT2D eigenvalue weighted by Gasteiger charge is 2.27. The summed E-state index contributed by atoms with van der Waals surface area (Å²) in [6.45, 7) is 1.02. The van der Waals surface area contributed by atoms with Crippen LogP contribution in [-0.2, 0) is 16.0 Å². The average molecular weight is 365 g/mol. The van der Waals surface area contributed by atoms with E-state index in [4.69, 9.17) is 5.26 Å². The minimum absolute atomic E-state index is 0.0182. The Morgan fingerprint density at radius 1 is 1.11 bits per heavy atom. The number of benzene rings is 2. The third-order valence-electron chi connectivity index (χ3n) is 4.79. The normalized spacial score (nSPS) is 14.4. The number of rotatable bonds is 4. The van der Waals surface area contributed by atoms with E-state index in [1.54, 1.807) is 41.3 Å². The van der Waals surface area contributed by atoms with Crippen molar-refractivity contribution in [3.05, 3.63) is 65.5 Å². The topological polar surface area (TPSA) is 73.2 Å². The van der Waals surface area contributed by atoms with Crippen LogP contribution in [0.25, 0.3) is 0 Å². The smallest absolute Gasteiger partial charge is 0.227 e. The van der Waals surface area contributed by atoms with Gasteiger partial charge in [-0.05, 0) is 42.7 Å². The molecule has 0 unspecified atom stereocenters. The maximum Gasteiger partial charge on any atom is 0.227 e. The van der Waals surface area contributed by atoms with Crippen LogP contribution in [0.5, 0.6) is 0 Å². The summed E-state index contributed by atoms with van der Waals surface area (Å²) < 4.78 is 13.0. The molecule has 1 aliphatic rings. The largest absolute Gasteiger partial charge is 0.342 e. The molecule has 3 rings (SSSR count). The third-order valence-corrected chi connectivity index (χ3v) is 4.79. The molecular formula is C21H20FN3O2. The first-order valence-corrected chi connectivity index (χ1v) is 8.89. The van der Waals surface area contributed by atoms with Crippen LogP contribution in [0.2, 0.25) is 0 Å². The van der Waals surface area contributed by atoms with Crippen LogP contribution in [0.3, 0.4) is 0 Å². The molecule has 0 spiro atoms. The van der Waals surface area contributed by atoms with E-state index in [9.17, 15) is 14.0 Å². The van der Waals surface area contributed by atoms with Gasteiger partial charge in [-0.2, -0.15) is 5.26 Å². The lowest BCUT2D eigenvalue weighted by atomic mass is 9.95. The molecule has 0 bridgehead atoms. The van der Waals surface area contributed by atoms with E-state index in [1.807, 2.05) is 0 Å². The number of nitrogens with zero attached hydrogens (tertiary/aromatic N) is 2. The molecule has 2 aromatic rings. The van der Waals surface area contributed by atoms with Gasteiger partial charge in [-0.3, -0.25) is 9.59 Å². The molecule has 0 aromatic heterocycles. The number of nitrogens with one attached hydrogen (secondary N) is 1. The number of anilines is 1. The van der Waals surface area contributed by atoms with Gasteiger partial charge in [0.15, 0.2) is 0 Å². The maximum absolute atomic E-state index is 13.0. The van der Waals surface area contributed by atoms with Crippen LogP contribution in [-0.4, -0.2) is 29.8 Å². The summed E-state index contributed by atoms with van der Waals surface area (Å²) in [7, 11) is 0. The van der Waals surface area contributed by atoms with Gasteiger partial charge in [0.05, 0.1) is 17.7 Å². The average Bonchev–Trinajstić information content (AvgIpc) is 2.70. The Bertz CT molecular complexity index is 866. The van der Waals surface area contributed by atoms with Crippen LogP contribution in [0.15, 0.2) is 48.5 Å². The Morgan fingerprint density at radius 2 is 1.78 bits per heavy atom. The summed E-state index contributed by atoms with van der Waals surface area (Å²) >= 11 is 0. The summed E-state index contributed by atoms with van der Waals surface area (Å²) in [6, 6.07) is 14.9. The Hall–Kier alpha value is -3.20. The molecule has 6 heteroatoms. The molecule has 2 aromatic carbocycles. The maximum atomic E-state index is 13.0. The Labute approximate surface area is 157 Å². The molecule has 27 heavy (non-hydrogen) atoms. The summed E-state index contributed by atoms with van der Waals surface area (Å²) in [5.74, 6) is -0.652. The number of para-hydroxylation sites is 1. The highest BCUT2D eigenvalue weighted by molar-refractivity contribution is 5.94. The lowest BCUT2D eigenvalue weighted by Crippen LogP contribution is -2.42. The van der Waals surface area contributed by atoms with E-state index in [0.29, 0.717) is 37.2 Å². The second-order valence-corrected chi connectivity index (χ2v) is 6.60. The molecular weight excluding hydrogens is 345 g/mol. The van der Waals surface area contributed by atoms with Gasteiger partial charge >= 0.3 is 0 Å². The number of hydrogen-bond donors (Lipinski definition) is 1. The number of nitriles is 1. The quantitative estimate of drug-likeness (QED) is 0.905. The van der Waals surface area contributed by atoms with Crippen LogP contribution in [0, 0.1) is 23.1 Å². The second-order valence-electron chi connectivity index (χ2n) is 6.60. The van der Waals surface area contributed by atoms with Crippen molar-refractivity contribution >= 4 is 17.5 Å².